The van der Waals surface area contributed by atoms with Gasteiger partial charge in [0.2, 0.25) is 0 Å². The van der Waals surface area contributed by atoms with Gasteiger partial charge in [-0.05, 0) is 50.4 Å². The highest BCUT2D eigenvalue weighted by Crippen LogP contribution is 2.17. The minimum atomic E-state index is 0.658. The Bertz CT molecular complexity index is 304. The van der Waals surface area contributed by atoms with Gasteiger partial charge in [-0.2, -0.15) is 0 Å². The molecule has 2 N–H and O–H groups in total. The van der Waals surface area contributed by atoms with Gasteiger partial charge >= 0.3 is 0 Å². The van der Waals surface area contributed by atoms with Gasteiger partial charge in [-0.1, -0.05) is 37.3 Å². The molecule has 0 bridgehead atoms. The van der Waals surface area contributed by atoms with Crippen molar-refractivity contribution in [2.24, 2.45) is 0 Å². The molecule has 1 aromatic carbocycles. The van der Waals surface area contributed by atoms with Gasteiger partial charge in [0.05, 0.1) is 0 Å². The summed E-state index contributed by atoms with van der Waals surface area (Å²) in [5.74, 6) is 0.658. The summed E-state index contributed by atoms with van der Waals surface area (Å²) in [6.45, 7) is 5.80. The van der Waals surface area contributed by atoms with Gasteiger partial charge in [0.15, 0.2) is 0 Å². The SMILES string of the molecule is CC(CCNC1CCNCC1)c1ccccc1. The second kappa shape index (κ2) is 6.77. The molecule has 0 aliphatic carbocycles. The molecule has 0 saturated carbocycles. The zero-order chi connectivity index (χ0) is 11.9. The lowest BCUT2D eigenvalue weighted by molar-refractivity contribution is 0.382. The van der Waals surface area contributed by atoms with Crippen LogP contribution in [-0.4, -0.2) is 25.7 Å². The van der Waals surface area contributed by atoms with Gasteiger partial charge in [-0.25, -0.2) is 0 Å². The molecule has 0 radical (unpaired) electrons. The summed E-state index contributed by atoms with van der Waals surface area (Å²) in [5.41, 5.74) is 1.46. The Morgan fingerprint density at radius 1 is 1.24 bits per heavy atom. The van der Waals surface area contributed by atoms with Crippen molar-refractivity contribution in [3.8, 4) is 0 Å². The average molecular weight is 232 g/mol. The van der Waals surface area contributed by atoms with Crippen LogP contribution in [0.3, 0.4) is 0 Å². The van der Waals surface area contributed by atoms with Crippen LogP contribution in [0.1, 0.15) is 37.7 Å². The first kappa shape index (κ1) is 12.6. The van der Waals surface area contributed by atoms with Crippen molar-refractivity contribution < 1.29 is 0 Å². The molecule has 1 saturated heterocycles. The highest BCUT2D eigenvalue weighted by atomic mass is 15.0. The van der Waals surface area contributed by atoms with Crippen LogP contribution in [0.25, 0.3) is 0 Å². The molecular weight excluding hydrogens is 208 g/mol. The van der Waals surface area contributed by atoms with E-state index in [1.54, 1.807) is 0 Å². The zero-order valence-corrected chi connectivity index (χ0v) is 10.8. The van der Waals surface area contributed by atoms with Crippen LogP contribution in [0.4, 0.5) is 0 Å². The van der Waals surface area contributed by atoms with Crippen molar-refractivity contribution in [2.45, 2.75) is 38.1 Å². The maximum Gasteiger partial charge on any atom is 0.00912 e. The molecule has 1 aromatic rings. The van der Waals surface area contributed by atoms with Gasteiger partial charge in [0.25, 0.3) is 0 Å². The number of nitrogens with one attached hydrogen (secondary N) is 2. The summed E-state index contributed by atoms with van der Waals surface area (Å²) < 4.78 is 0. The fraction of sp³-hybridized carbons (Fsp3) is 0.600. The van der Waals surface area contributed by atoms with Crippen LogP contribution in [-0.2, 0) is 0 Å². The molecular formula is C15H24N2. The predicted molar refractivity (Wildman–Crippen MR) is 73.4 cm³/mol. The maximum atomic E-state index is 3.68. The molecule has 1 unspecified atom stereocenters. The van der Waals surface area contributed by atoms with E-state index in [1.165, 1.54) is 37.9 Å². The number of hydrogen-bond donors (Lipinski definition) is 2. The van der Waals surface area contributed by atoms with Crippen LogP contribution in [0, 0.1) is 0 Å². The van der Waals surface area contributed by atoms with E-state index >= 15 is 0 Å². The minimum Gasteiger partial charge on any atom is -0.317 e. The van der Waals surface area contributed by atoms with Crippen LogP contribution in [0.5, 0.6) is 0 Å². The van der Waals surface area contributed by atoms with Gasteiger partial charge in [-0.3, -0.25) is 0 Å². The third-order valence-corrected chi connectivity index (χ3v) is 3.72. The van der Waals surface area contributed by atoms with E-state index in [-0.39, 0.29) is 0 Å². The normalized spacial score (nSPS) is 19.1. The lowest BCUT2D eigenvalue weighted by Crippen LogP contribution is -2.40. The summed E-state index contributed by atoms with van der Waals surface area (Å²) in [4.78, 5) is 0. The fourth-order valence-corrected chi connectivity index (χ4v) is 2.48. The number of rotatable bonds is 5. The summed E-state index contributed by atoms with van der Waals surface area (Å²) in [7, 11) is 0. The highest BCUT2D eigenvalue weighted by molar-refractivity contribution is 5.18. The quantitative estimate of drug-likeness (QED) is 0.815. The third-order valence-electron chi connectivity index (χ3n) is 3.72. The van der Waals surface area contributed by atoms with E-state index in [9.17, 15) is 0 Å². The molecule has 2 nitrogen and oxygen atoms in total. The van der Waals surface area contributed by atoms with Crippen molar-refractivity contribution in [3.05, 3.63) is 35.9 Å². The van der Waals surface area contributed by atoms with Crippen molar-refractivity contribution >= 4 is 0 Å². The molecule has 0 spiro atoms. The second-order valence-corrected chi connectivity index (χ2v) is 5.08. The summed E-state index contributed by atoms with van der Waals surface area (Å²) in [6, 6.07) is 11.5. The van der Waals surface area contributed by atoms with E-state index in [1.807, 2.05) is 0 Å². The Hall–Kier alpha value is -0.860. The van der Waals surface area contributed by atoms with Crippen LogP contribution in [0.2, 0.25) is 0 Å². The van der Waals surface area contributed by atoms with Crippen molar-refractivity contribution in [1.82, 2.24) is 10.6 Å². The van der Waals surface area contributed by atoms with Gasteiger partial charge in [-0.15, -0.1) is 0 Å². The molecule has 94 valence electrons. The lowest BCUT2D eigenvalue weighted by Gasteiger charge is -2.24. The zero-order valence-electron chi connectivity index (χ0n) is 10.8. The Balaban J connectivity index is 1.67. The first-order valence-electron chi connectivity index (χ1n) is 6.85. The summed E-state index contributed by atoms with van der Waals surface area (Å²) in [6.07, 6.45) is 3.79. The summed E-state index contributed by atoms with van der Waals surface area (Å²) in [5, 5.41) is 7.08. The Morgan fingerprint density at radius 3 is 2.65 bits per heavy atom. The molecule has 17 heavy (non-hydrogen) atoms. The number of hydrogen-bond acceptors (Lipinski definition) is 2. The molecule has 0 amide bonds. The highest BCUT2D eigenvalue weighted by Gasteiger charge is 2.12. The Kier molecular flexibility index (Phi) is 5.02. The van der Waals surface area contributed by atoms with E-state index in [0.717, 1.165) is 12.6 Å². The minimum absolute atomic E-state index is 0.658. The molecule has 2 rings (SSSR count). The fourth-order valence-electron chi connectivity index (χ4n) is 2.48. The Labute approximate surface area is 105 Å². The molecule has 1 heterocycles. The van der Waals surface area contributed by atoms with E-state index in [0.29, 0.717) is 5.92 Å². The van der Waals surface area contributed by atoms with Crippen LogP contribution in [0.15, 0.2) is 30.3 Å². The largest absolute Gasteiger partial charge is 0.317 e. The topological polar surface area (TPSA) is 24.1 Å². The van der Waals surface area contributed by atoms with Gasteiger partial charge in [0.1, 0.15) is 0 Å². The standard InChI is InChI=1S/C15H24N2/c1-13(14-5-3-2-4-6-14)7-12-17-15-8-10-16-11-9-15/h2-6,13,15-17H,7-12H2,1H3. The monoisotopic (exact) mass is 232 g/mol. The van der Waals surface area contributed by atoms with Gasteiger partial charge in [0, 0.05) is 6.04 Å². The number of benzene rings is 1. The number of piperidine rings is 1. The first-order chi connectivity index (χ1) is 8.36. The van der Waals surface area contributed by atoms with Crippen molar-refractivity contribution in [1.29, 1.82) is 0 Å². The van der Waals surface area contributed by atoms with Crippen LogP contribution < -0.4 is 10.6 Å². The maximum absolute atomic E-state index is 3.68. The first-order valence-corrected chi connectivity index (χ1v) is 6.85. The second-order valence-electron chi connectivity index (χ2n) is 5.08. The molecule has 0 aromatic heterocycles. The Morgan fingerprint density at radius 2 is 1.94 bits per heavy atom. The smallest absolute Gasteiger partial charge is 0.00912 e. The molecule has 2 heteroatoms. The summed E-state index contributed by atoms with van der Waals surface area (Å²) >= 11 is 0. The van der Waals surface area contributed by atoms with E-state index in [2.05, 4.69) is 47.9 Å². The van der Waals surface area contributed by atoms with Crippen LogP contribution >= 0.6 is 0 Å². The molecule has 1 atom stereocenters. The lowest BCUT2D eigenvalue weighted by atomic mass is 9.97. The molecule has 1 aliphatic rings. The average Bonchev–Trinajstić information content (AvgIpc) is 2.41. The molecule has 1 aliphatic heterocycles. The third kappa shape index (κ3) is 4.14. The van der Waals surface area contributed by atoms with Crippen molar-refractivity contribution in [3.63, 3.8) is 0 Å². The van der Waals surface area contributed by atoms with Crippen molar-refractivity contribution in [2.75, 3.05) is 19.6 Å². The van der Waals surface area contributed by atoms with E-state index in [4.69, 9.17) is 0 Å². The molecule has 1 fully saturated rings. The van der Waals surface area contributed by atoms with Gasteiger partial charge < -0.3 is 10.6 Å². The predicted octanol–water partition coefficient (Wildman–Crippen LogP) is 2.52. The van der Waals surface area contributed by atoms with E-state index < -0.39 is 0 Å².